The van der Waals surface area contributed by atoms with Crippen molar-refractivity contribution in [3.8, 4) is 11.4 Å². The van der Waals surface area contributed by atoms with E-state index in [1.54, 1.807) is 0 Å². The van der Waals surface area contributed by atoms with Crippen molar-refractivity contribution in [2.75, 3.05) is 6.54 Å². The molecule has 0 spiro atoms. The van der Waals surface area contributed by atoms with Crippen LogP contribution in [0.15, 0.2) is 28.7 Å². The third kappa shape index (κ3) is 3.64. The van der Waals surface area contributed by atoms with Crippen LogP contribution in [0.1, 0.15) is 30.3 Å². The molecule has 0 saturated heterocycles. The zero-order chi connectivity index (χ0) is 14.5. The number of nitrogens with zero attached hydrogens (tertiary/aromatic N) is 2. The minimum absolute atomic E-state index is 0.792. The molecule has 0 atom stereocenters. The largest absolute Gasteiger partial charge is 0.313 e. The van der Waals surface area contributed by atoms with Gasteiger partial charge in [0.05, 0.1) is 0 Å². The molecule has 4 heteroatoms. The van der Waals surface area contributed by atoms with Crippen molar-refractivity contribution in [3.05, 3.63) is 45.7 Å². The number of rotatable bonds is 5. The highest BCUT2D eigenvalue weighted by atomic mass is 79.9. The lowest BCUT2D eigenvalue weighted by Crippen LogP contribution is -2.17. The zero-order valence-electron chi connectivity index (χ0n) is 12.2. The van der Waals surface area contributed by atoms with Crippen LogP contribution in [0.4, 0.5) is 0 Å². The summed E-state index contributed by atoms with van der Waals surface area (Å²) in [5, 5.41) is 3.41. The fraction of sp³-hybridized carbons (Fsp3) is 0.375. The van der Waals surface area contributed by atoms with Crippen LogP contribution in [0, 0.1) is 13.8 Å². The fourth-order valence-electron chi connectivity index (χ4n) is 2.14. The molecule has 0 bridgehead atoms. The van der Waals surface area contributed by atoms with Crippen molar-refractivity contribution in [2.24, 2.45) is 0 Å². The van der Waals surface area contributed by atoms with E-state index in [4.69, 9.17) is 0 Å². The first-order valence-corrected chi connectivity index (χ1v) is 7.72. The van der Waals surface area contributed by atoms with Gasteiger partial charge in [-0.15, -0.1) is 0 Å². The molecular formula is C16H20BrN3. The molecule has 1 aromatic carbocycles. The lowest BCUT2D eigenvalue weighted by atomic mass is 10.1. The molecule has 0 aliphatic heterocycles. The number of aromatic nitrogens is 2. The van der Waals surface area contributed by atoms with Crippen molar-refractivity contribution < 1.29 is 0 Å². The molecule has 106 valence electrons. The molecule has 1 aromatic heterocycles. The third-order valence-electron chi connectivity index (χ3n) is 3.23. The number of hydrogen-bond donors (Lipinski definition) is 1. The summed E-state index contributed by atoms with van der Waals surface area (Å²) in [6, 6.07) is 8.09. The number of aryl methyl sites for hydroxylation is 2. The topological polar surface area (TPSA) is 37.8 Å². The summed E-state index contributed by atoms with van der Waals surface area (Å²) >= 11 is 3.49. The Morgan fingerprint density at radius 2 is 1.85 bits per heavy atom. The van der Waals surface area contributed by atoms with Gasteiger partial charge in [-0.3, -0.25) is 0 Å². The second-order valence-corrected chi connectivity index (χ2v) is 5.80. The number of halogens is 1. The summed E-state index contributed by atoms with van der Waals surface area (Å²) in [6.07, 6.45) is 1.13. The SMILES string of the molecule is CCCNCc1c(C)nc(-c2cccc(Br)c2)nc1C. The number of nitrogens with one attached hydrogen (secondary N) is 1. The van der Waals surface area contributed by atoms with E-state index in [2.05, 4.69) is 52.0 Å². The van der Waals surface area contributed by atoms with Crippen molar-refractivity contribution in [1.82, 2.24) is 15.3 Å². The second kappa shape index (κ2) is 6.95. The Hall–Kier alpha value is -1.26. The van der Waals surface area contributed by atoms with E-state index >= 15 is 0 Å². The maximum atomic E-state index is 4.65. The average Bonchev–Trinajstić information content (AvgIpc) is 2.41. The van der Waals surface area contributed by atoms with Crippen molar-refractivity contribution >= 4 is 15.9 Å². The van der Waals surface area contributed by atoms with Gasteiger partial charge in [-0.2, -0.15) is 0 Å². The summed E-state index contributed by atoms with van der Waals surface area (Å²) in [6.45, 7) is 8.13. The highest BCUT2D eigenvalue weighted by Gasteiger charge is 2.09. The molecule has 0 amide bonds. The van der Waals surface area contributed by atoms with E-state index < -0.39 is 0 Å². The first-order chi connectivity index (χ1) is 9.61. The predicted octanol–water partition coefficient (Wildman–Crippen LogP) is 4.02. The molecule has 0 radical (unpaired) electrons. The lowest BCUT2D eigenvalue weighted by Gasteiger charge is -2.11. The van der Waals surface area contributed by atoms with Gasteiger partial charge in [-0.05, 0) is 38.9 Å². The van der Waals surface area contributed by atoms with E-state index in [1.165, 1.54) is 5.56 Å². The smallest absolute Gasteiger partial charge is 0.159 e. The first-order valence-electron chi connectivity index (χ1n) is 6.92. The van der Waals surface area contributed by atoms with E-state index in [0.717, 1.165) is 46.8 Å². The van der Waals surface area contributed by atoms with Crippen LogP contribution in [0.3, 0.4) is 0 Å². The molecule has 0 saturated carbocycles. The van der Waals surface area contributed by atoms with Gasteiger partial charge in [-0.25, -0.2) is 9.97 Å². The molecule has 0 aliphatic rings. The molecule has 0 aliphatic carbocycles. The summed E-state index contributed by atoms with van der Waals surface area (Å²) in [7, 11) is 0. The average molecular weight is 334 g/mol. The standard InChI is InChI=1S/C16H20BrN3/c1-4-8-18-10-15-11(2)19-16(20-12(15)3)13-6-5-7-14(17)9-13/h5-7,9,18H,4,8,10H2,1-3H3. The van der Waals surface area contributed by atoms with Crippen LogP contribution in [-0.2, 0) is 6.54 Å². The lowest BCUT2D eigenvalue weighted by molar-refractivity contribution is 0.665. The summed E-state index contributed by atoms with van der Waals surface area (Å²) in [5.74, 6) is 0.792. The second-order valence-electron chi connectivity index (χ2n) is 4.88. The van der Waals surface area contributed by atoms with Gasteiger partial charge in [0.15, 0.2) is 5.82 Å². The Morgan fingerprint density at radius 3 is 2.45 bits per heavy atom. The maximum Gasteiger partial charge on any atom is 0.159 e. The molecule has 2 aromatic rings. The first kappa shape index (κ1) is 15.1. The number of benzene rings is 1. The molecule has 20 heavy (non-hydrogen) atoms. The molecule has 1 N–H and O–H groups in total. The van der Waals surface area contributed by atoms with Crippen molar-refractivity contribution in [2.45, 2.75) is 33.7 Å². The minimum atomic E-state index is 0.792. The van der Waals surface area contributed by atoms with Crippen LogP contribution >= 0.6 is 15.9 Å². The highest BCUT2D eigenvalue weighted by molar-refractivity contribution is 9.10. The molecule has 0 fully saturated rings. The zero-order valence-corrected chi connectivity index (χ0v) is 13.8. The third-order valence-corrected chi connectivity index (χ3v) is 3.73. The fourth-order valence-corrected chi connectivity index (χ4v) is 2.54. The van der Waals surface area contributed by atoms with Gasteiger partial charge >= 0.3 is 0 Å². The van der Waals surface area contributed by atoms with E-state index in [1.807, 2.05) is 24.3 Å². The van der Waals surface area contributed by atoms with Crippen molar-refractivity contribution in [3.63, 3.8) is 0 Å². The molecule has 1 heterocycles. The predicted molar refractivity (Wildman–Crippen MR) is 86.6 cm³/mol. The van der Waals surface area contributed by atoms with Gasteiger partial charge in [0, 0.05) is 33.5 Å². The van der Waals surface area contributed by atoms with Crippen LogP contribution in [0.25, 0.3) is 11.4 Å². The quantitative estimate of drug-likeness (QED) is 0.839. The van der Waals surface area contributed by atoms with Gasteiger partial charge in [0.25, 0.3) is 0 Å². The van der Waals surface area contributed by atoms with Gasteiger partial charge < -0.3 is 5.32 Å². The monoisotopic (exact) mass is 333 g/mol. The van der Waals surface area contributed by atoms with E-state index in [-0.39, 0.29) is 0 Å². The molecule has 3 nitrogen and oxygen atoms in total. The van der Waals surface area contributed by atoms with E-state index in [0.29, 0.717) is 0 Å². The number of hydrogen-bond acceptors (Lipinski definition) is 3. The van der Waals surface area contributed by atoms with Gasteiger partial charge in [0.2, 0.25) is 0 Å². The molecular weight excluding hydrogens is 314 g/mol. The van der Waals surface area contributed by atoms with Crippen LogP contribution in [0.5, 0.6) is 0 Å². The van der Waals surface area contributed by atoms with Gasteiger partial charge in [0.1, 0.15) is 0 Å². The molecule has 2 rings (SSSR count). The Morgan fingerprint density at radius 1 is 1.15 bits per heavy atom. The van der Waals surface area contributed by atoms with Crippen LogP contribution < -0.4 is 5.32 Å². The maximum absolute atomic E-state index is 4.65. The normalized spacial score (nSPS) is 10.8. The van der Waals surface area contributed by atoms with Crippen molar-refractivity contribution in [1.29, 1.82) is 0 Å². The molecule has 0 unspecified atom stereocenters. The summed E-state index contributed by atoms with van der Waals surface area (Å²) < 4.78 is 1.04. The minimum Gasteiger partial charge on any atom is -0.313 e. The Kier molecular flexibility index (Phi) is 5.26. The summed E-state index contributed by atoms with van der Waals surface area (Å²) in [4.78, 5) is 9.30. The Balaban J connectivity index is 2.30. The van der Waals surface area contributed by atoms with Gasteiger partial charge in [-0.1, -0.05) is 35.0 Å². The Labute approximate surface area is 129 Å². The van der Waals surface area contributed by atoms with Crippen LogP contribution in [0.2, 0.25) is 0 Å². The Bertz CT molecular complexity index is 573. The van der Waals surface area contributed by atoms with Crippen LogP contribution in [-0.4, -0.2) is 16.5 Å². The summed E-state index contributed by atoms with van der Waals surface area (Å²) in [5.41, 5.74) is 4.35. The highest BCUT2D eigenvalue weighted by Crippen LogP contribution is 2.22. The van der Waals surface area contributed by atoms with E-state index in [9.17, 15) is 0 Å².